The van der Waals surface area contributed by atoms with Crippen LogP contribution in [-0.2, 0) is 0 Å². The van der Waals surface area contributed by atoms with E-state index in [1.165, 1.54) is 41.5 Å². The monoisotopic (exact) mass is 225 g/mol. The molecule has 1 aromatic carbocycles. The molecule has 17 heavy (non-hydrogen) atoms. The van der Waals surface area contributed by atoms with E-state index in [1.807, 2.05) is 6.07 Å². The van der Waals surface area contributed by atoms with Crippen LogP contribution in [0.3, 0.4) is 0 Å². The maximum Gasteiger partial charge on any atom is 0.134 e. The Hall–Kier alpha value is -1.70. The van der Waals surface area contributed by atoms with Gasteiger partial charge >= 0.3 is 0 Å². The summed E-state index contributed by atoms with van der Waals surface area (Å²) in [5.41, 5.74) is 5.21. The molecule has 0 saturated heterocycles. The van der Waals surface area contributed by atoms with Gasteiger partial charge in [-0.2, -0.15) is 0 Å². The Morgan fingerprint density at radius 2 is 2.29 bits per heavy atom. The summed E-state index contributed by atoms with van der Waals surface area (Å²) in [5.74, 6) is 0. The zero-order chi connectivity index (χ0) is 11.5. The van der Waals surface area contributed by atoms with Gasteiger partial charge in [-0.15, -0.1) is 0 Å². The number of anilines is 1. The molecule has 1 aromatic heterocycles. The van der Waals surface area contributed by atoms with Crippen LogP contribution in [0.4, 0.5) is 5.69 Å². The van der Waals surface area contributed by atoms with Gasteiger partial charge in [0.1, 0.15) is 5.58 Å². The minimum Gasteiger partial charge on any atom is -0.464 e. The molecule has 0 radical (unpaired) electrons. The van der Waals surface area contributed by atoms with E-state index in [-0.39, 0.29) is 5.54 Å². The number of furan rings is 1. The third-order valence-corrected chi connectivity index (χ3v) is 4.20. The standard InChI is InChI=1S/C15H15NO/c1-15-5-2-3-12(15)7-11-9-14-10(4-6-17-14)8-13(11)16-15/h4,6-9,16H,2-3,5H2,1H3. The number of hydrogen-bond acceptors (Lipinski definition) is 2. The summed E-state index contributed by atoms with van der Waals surface area (Å²) < 4.78 is 5.46. The Kier molecular flexibility index (Phi) is 1.62. The maximum absolute atomic E-state index is 5.46. The summed E-state index contributed by atoms with van der Waals surface area (Å²) >= 11 is 0. The van der Waals surface area contributed by atoms with Crippen LogP contribution in [0.15, 0.2) is 34.5 Å². The average molecular weight is 225 g/mol. The van der Waals surface area contributed by atoms with Crippen LogP contribution < -0.4 is 5.32 Å². The van der Waals surface area contributed by atoms with E-state index in [2.05, 4.69) is 30.4 Å². The fraction of sp³-hybridized carbons (Fsp3) is 0.333. The average Bonchev–Trinajstić information content (AvgIpc) is 2.87. The van der Waals surface area contributed by atoms with Gasteiger partial charge in [-0.1, -0.05) is 6.08 Å². The highest BCUT2D eigenvalue weighted by atomic mass is 16.3. The Morgan fingerprint density at radius 1 is 1.35 bits per heavy atom. The van der Waals surface area contributed by atoms with Crippen molar-refractivity contribution in [3.05, 3.63) is 35.6 Å². The molecule has 0 bridgehead atoms. The van der Waals surface area contributed by atoms with Crippen LogP contribution in [0.2, 0.25) is 0 Å². The lowest BCUT2D eigenvalue weighted by molar-refractivity contribution is 0.608. The predicted molar refractivity (Wildman–Crippen MR) is 70.1 cm³/mol. The normalized spacial score (nSPS) is 26.3. The fourth-order valence-electron chi connectivity index (χ4n) is 3.18. The topological polar surface area (TPSA) is 25.2 Å². The molecular weight excluding hydrogens is 210 g/mol. The summed E-state index contributed by atoms with van der Waals surface area (Å²) in [5, 5.41) is 4.88. The molecule has 2 aliphatic rings. The fourth-order valence-corrected chi connectivity index (χ4v) is 3.18. The van der Waals surface area contributed by atoms with Gasteiger partial charge < -0.3 is 9.73 Å². The van der Waals surface area contributed by atoms with E-state index in [0.29, 0.717) is 0 Å². The van der Waals surface area contributed by atoms with Gasteiger partial charge in [0.2, 0.25) is 0 Å². The van der Waals surface area contributed by atoms with Gasteiger partial charge in [-0.25, -0.2) is 0 Å². The van der Waals surface area contributed by atoms with Crippen LogP contribution in [0.5, 0.6) is 0 Å². The molecule has 1 aliphatic heterocycles. The molecule has 2 aromatic rings. The third kappa shape index (κ3) is 1.21. The minimum atomic E-state index is 0.185. The van der Waals surface area contributed by atoms with Gasteiger partial charge in [0.05, 0.1) is 11.8 Å². The first kappa shape index (κ1) is 9.34. The van der Waals surface area contributed by atoms with Crippen LogP contribution in [0, 0.1) is 0 Å². The van der Waals surface area contributed by atoms with Gasteiger partial charge in [0.25, 0.3) is 0 Å². The van der Waals surface area contributed by atoms with Crippen molar-refractivity contribution >= 4 is 22.7 Å². The van der Waals surface area contributed by atoms with Crippen molar-refractivity contribution in [2.45, 2.75) is 31.7 Å². The molecule has 1 saturated carbocycles. The van der Waals surface area contributed by atoms with Crippen molar-refractivity contribution in [1.82, 2.24) is 0 Å². The van der Waals surface area contributed by atoms with Gasteiger partial charge in [0, 0.05) is 16.6 Å². The molecule has 2 heterocycles. The zero-order valence-electron chi connectivity index (χ0n) is 9.92. The lowest BCUT2D eigenvalue weighted by Crippen LogP contribution is -2.35. The summed E-state index contributed by atoms with van der Waals surface area (Å²) in [7, 11) is 0. The Morgan fingerprint density at radius 3 is 3.24 bits per heavy atom. The second kappa shape index (κ2) is 2.95. The molecule has 1 aliphatic carbocycles. The summed E-state index contributed by atoms with van der Waals surface area (Å²) in [6.07, 6.45) is 7.85. The number of hydrogen-bond donors (Lipinski definition) is 1. The predicted octanol–water partition coefficient (Wildman–Crippen LogP) is 4.18. The smallest absolute Gasteiger partial charge is 0.134 e. The Labute approximate surface area is 100 Å². The van der Waals surface area contributed by atoms with Crippen molar-refractivity contribution in [2.75, 3.05) is 5.32 Å². The largest absolute Gasteiger partial charge is 0.464 e. The molecule has 4 rings (SSSR count). The van der Waals surface area contributed by atoms with Crippen LogP contribution >= 0.6 is 0 Å². The highest BCUT2D eigenvalue weighted by Gasteiger charge is 2.36. The molecule has 0 spiro atoms. The second-order valence-electron chi connectivity index (χ2n) is 5.38. The van der Waals surface area contributed by atoms with Gasteiger partial charge in [-0.3, -0.25) is 0 Å². The molecule has 2 heteroatoms. The van der Waals surface area contributed by atoms with Crippen LogP contribution in [0.1, 0.15) is 31.7 Å². The van der Waals surface area contributed by atoms with E-state index < -0.39 is 0 Å². The second-order valence-corrected chi connectivity index (χ2v) is 5.38. The zero-order valence-corrected chi connectivity index (χ0v) is 9.92. The maximum atomic E-state index is 5.46. The van der Waals surface area contributed by atoms with Crippen molar-refractivity contribution in [2.24, 2.45) is 0 Å². The highest BCUT2D eigenvalue weighted by molar-refractivity contribution is 5.89. The quantitative estimate of drug-likeness (QED) is 0.727. The lowest BCUT2D eigenvalue weighted by atomic mass is 9.88. The van der Waals surface area contributed by atoms with Gasteiger partial charge in [0.15, 0.2) is 0 Å². The first-order valence-electron chi connectivity index (χ1n) is 6.25. The number of rotatable bonds is 0. The van der Waals surface area contributed by atoms with Crippen molar-refractivity contribution < 1.29 is 4.42 Å². The van der Waals surface area contributed by atoms with E-state index in [1.54, 1.807) is 6.26 Å². The SMILES string of the molecule is CC12CCCC1=Cc1cc3occc3cc1N2. The van der Waals surface area contributed by atoms with E-state index in [0.717, 1.165) is 5.58 Å². The van der Waals surface area contributed by atoms with E-state index in [9.17, 15) is 0 Å². The first-order chi connectivity index (χ1) is 8.24. The molecule has 1 atom stereocenters. The van der Waals surface area contributed by atoms with Crippen molar-refractivity contribution in [1.29, 1.82) is 0 Å². The summed E-state index contributed by atoms with van der Waals surface area (Å²) in [6.45, 7) is 2.31. The Bertz CT molecular complexity index is 637. The highest BCUT2D eigenvalue weighted by Crippen LogP contribution is 2.44. The van der Waals surface area contributed by atoms with E-state index >= 15 is 0 Å². The molecule has 86 valence electrons. The molecule has 1 N–H and O–H groups in total. The number of fused-ring (bicyclic) bond motifs is 3. The molecule has 0 amide bonds. The molecule has 1 unspecified atom stereocenters. The van der Waals surface area contributed by atoms with Crippen LogP contribution in [0.25, 0.3) is 17.0 Å². The van der Waals surface area contributed by atoms with Gasteiger partial charge in [-0.05, 0) is 50.0 Å². The minimum absolute atomic E-state index is 0.185. The summed E-state index contributed by atoms with van der Waals surface area (Å²) in [6, 6.07) is 6.36. The number of nitrogens with one attached hydrogen (secondary N) is 1. The molecule has 1 fully saturated rings. The third-order valence-electron chi connectivity index (χ3n) is 4.20. The van der Waals surface area contributed by atoms with Crippen LogP contribution in [-0.4, -0.2) is 5.54 Å². The first-order valence-corrected chi connectivity index (χ1v) is 6.25. The van der Waals surface area contributed by atoms with Crippen molar-refractivity contribution in [3.8, 4) is 0 Å². The van der Waals surface area contributed by atoms with E-state index in [4.69, 9.17) is 4.42 Å². The number of benzene rings is 1. The molecule has 2 nitrogen and oxygen atoms in total. The summed E-state index contributed by atoms with van der Waals surface area (Å²) in [4.78, 5) is 0. The Balaban J connectivity index is 1.96. The molecular formula is C15H15NO. The lowest BCUT2D eigenvalue weighted by Gasteiger charge is -2.33. The van der Waals surface area contributed by atoms with Crippen molar-refractivity contribution in [3.63, 3.8) is 0 Å².